The molecule has 0 atom stereocenters. The summed E-state index contributed by atoms with van der Waals surface area (Å²) in [6, 6.07) is 7.83. The highest BCUT2D eigenvalue weighted by atomic mass is 32.2. The Kier molecular flexibility index (Phi) is 5.74. The molecule has 0 unspecified atom stereocenters. The second kappa shape index (κ2) is 7.39. The summed E-state index contributed by atoms with van der Waals surface area (Å²) >= 11 is 3.44. The summed E-state index contributed by atoms with van der Waals surface area (Å²) in [5.41, 5.74) is 2.03. The van der Waals surface area contributed by atoms with Gasteiger partial charge in [-0.3, -0.25) is 0 Å². The van der Waals surface area contributed by atoms with Crippen molar-refractivity contribution >= 4 is 43.4 Å². The lowest BCUT2D eigenvalue weighted by Gasteiger charge is -2.05. The van der Waals surface area contributed by atoms with Gasteiger partial charge in [0.2, 0.25) is 0 Å². The van der Waals surface area contributed by atoms with Crippen molar-refractivity contribution in [2.24, 2.45) is 7.05 Å². The lowest BCUT2D eigenvalue weighted by molar-refractivity contribution is -0.670. The molecule has 2 heterocycles. The van der Waals surface area contributed by atoms with Crippen LogP contribution in [-0.4, -0.2) is 24.2 Å². The molecule has 0 bridgehead atoms. The zero-order valence-corrected chi connectivity index (χ0v) is 15.3. The van der Waals surface area contributed by atoms with Crippen LogP contribution in [0.25, 0.3) is 10.2 Å². The monoisotopic (exact) mass is 368 g/mol. The Bertz CT molecular complexity index is 903. The Hall–Kier alpha value is -1.48. The van der Waals surface area contributed by atoms with Crippen LogP contribution in [0.3, 0.4) is 0 Å². The number of aryl methyl sites for hydroxylation is 2. The highest BCUT2D eigenvalue weighted by Gasteiger charge is 2.05. The molecule has 2 aromatic heterocycles. The van der Waals surface area contributed by atoms with Crippen LogP contribution in [0.5, 0.6) is 0 Å². The molecule has 122 valence electrons. The summed E-state index contributed by atoms with van der Waals surface area (Å²) in [6.45, 7) is 1.82. The predicted molar refractivity (Wildman–Crippen MR) is 91.7 cm³/mol. The number of hydrogen-bond acceptors (Lipinski definition) is 6. The maximum atomic E-state index is 10.4. The van der Waals surface area contributed by atoms with Gasteiger partial charge in [0.15, 0.2) is 16.7 Å². The molecule has 0 radical (unpaired) electrons. The molecule has 23 heavy (non-hydrogen) atoms. The van der Waals surface area contributed by atoms with Crippen molar-refractivity contribution in [3.8, 4) is 0 Å². The van der Waals surface area contributed by atoms with Crippen LogP contribution in [0.2, 0.25) is 0 Å². The van der Waals surface area contributed by atoms with Crippen molar-refractivity contribution in [3.63, 3.8) is 0 Å². The number of benzene rings is 1. The molecule has 3 rings (SSSR count). The van der Waals surface area contributed by atoms with E-state index in [0.29, 0.717) is 0 Å². The van der Waals surface area contributed by atoms with Gasteiger partial charge in [-0.1, -0.05) is 29.5 Å². The Morgan fingerprint density at radius 3 is 2.43 bits per heavy atom. The largest absolute Gasteiger partial charge is 0.744 e. The molecule has 5 nitrogen and oxygen atoms in total. The third-order valence-corrected chi connectivity index (χ3v) is 5.77. The van der Waals surface area contributed by atoms with Crippen LogP contribution in [0.4, 0.5) is 0 Å². The van der Waals surface area contributed by atoms with E-state index in [4.69, 9.17) is 0 Å². The Balaban J connectivity index is 0.000000168. The van der Waals surface area contributed by atoms with E-state index in [1.54, 1.807) is 35.2 Å². The fraction of sp³-hybridized carbons (Fsp3) is 0.200. The number of pyridine rings is 1. The Morgan fingerprint density at radius 2 is 1.87 bits per heavy atom. The topological polar surface area (TPSA) is 74.0 Å². The van der Waals surface area contributed by atoms with Crippen LogP contribution >= 0.6 is 23.1 Å². The molecule has 0 fully saturated rings. The van der Waals surface area contributed by atoms with Crippen molar-refractivity contribution in [2.45, 2.75) is 16.2 Å². The zero-order chi connectivity index (χ0) is 17.0. The van der Waals surface area contributed by atoms with Gasteiger partial charge in [0, 0.05) is 6.07 Å². The lowest BCUT2D eigenvalue weighted by atomic mass is 10.2. The Morgan fingerprint density at radius 1 is 1.22 bits per heavy atom. The average molecular weight is 369 g/mol. The van der Waals surface area contributed by atoms with Crippen LogP contribution in [0, 0.1) is 6.92 Å². The number of thiazole rings is 1. The molecular formula is C15H16N2O3S3. The van der Waals surface area contributed by atoms with Crippen molar-refractivity contribution in [3.05, 3.63) is 48.3 Å². The quantitative estimate of drug-likeness (QED) is 0.395. The van der Waals surface area contributed by atoms with Crippen LogP contribution in [-0.2, 0) is 17.2 Å². The van der Waals surface area contributed by atoms with E-state index in [1.807, 2.05) is 30.8 Å². The van der Waals surface area contributed by atoms with Gasteiger partial charge in [-0.15, -0.1) is 11.3 Å². The minimum atomic E-state index is -4.27. The van der Waals surface area contributed by atoms with Gasteiger partial charge in [0.1, 0.15) is 21.9 Å². The Labute approximate surface area is 143 Å². The van der Waals surface area contributed by atoms with E-state index in [9.17, 15) is 13.0 Å². The second-order valence-electron chi connectivity index (χ2n) is 4.81. The summed E-state index contributed by atoms with van der Waals surface area (Å²) in [5.74, 6) is 0. The van der Waals surface area contributed by atoms with Crippen molar-refractivity contribution in [1.29, 1.82) is 0 Å². The summed E-state index contributed by atoms with van der Waals surface area (Å²) in [5, 5.41) is 0. The smallest absolute Gasteiger partial charge is 0.188 e. The number of aromatic nitrogens is 2. The highest BCUT2D eigenvalue weighted by molar-refractivity contribution is 8.00. The molecule has 0 N–H and O–H groups in total. The van der Waals surface area contributed by atoms with Crippen LogP contribution < -0.4 is 4.57 Å². The minimum Gasteiger partial charge on any atom is -0.744 e. The third-order valence-electron chi connectivity index (χ3n) is 2.93. The molecule has 0 spiro atoms. The molecule has 1 aromatic carbocycles. The predicted octanol–water partition coefficient (Wildman–Crippen LogP) is 2.74. The number of hydrogen-bond donors (Lipinski definition) is 0. The first-order chi connectivity index (χ1) is 10.8. The number of nitrogens with zero attached hydrogens (tertiary/aromatic N) is 2. The third kappa shape index (κ3) is 5.00. The highest BCUT2D eigenvalue weighted by Crippen LogP contribution is 2.26. The van der Waals surface area contributed by atoms with E-state index in [2.05, 4.69) is 17.4 Å². The van der Waals surface area contributed by atoms with E-state index in [0.717, 1.165) is 15.4 Å². The average Bonchev–Trinajstić information content (AvgIpc) is 2.89. The van der Waals surface area contributed by atoms with Crippen LogP contribution in [0.15, 0.2) is 52.0 Å². The fourth-order valence-corrected chi connectivity index (χ4v) is 3.77. The summed E-state index contributed by atoms with van der Waals surface area (Å²) in [7, 11) is -2.24. The summed E-state index contributed by atoms with van der Waals surface area (Å²) < 4.78 is 35.6. The molecule has 0 amide bonds. The summed E-state index contributed by atoms with van der Waals surface area (Å²) in [6.07, 6.45) is 6.18. The standard InChI is InChI=1S/C8H9N2S2.C7H8O3S/c1-10-4-3-6-7(5-10)12-8(9-6)11-2;1-6-2-4-7(5-3-6)11(8,9)10/h3-5H,1-2H3;2-5H,1H3,(H,8,9,10)/q+1;/p-1. The normalized spacial score (nSPS) is 11.1. The molecular weight excluding hydrogens is 352 g/mol. The number of rotatable bonds is 2. The van der Waals surface area contributed by atoms with Gasteiger partial charge in [-0.25, -0.2) is 18.0 Å². The molecule has 0 aliphatic carbocycles. The molecule has 0 saturated heterocycles. The zero-order valence-electron chi connectivity index (χ0n) is 12.9. The van der Waals surface area contributed by atoms with Gasteiger partial charge in [-0.2, -0.15) is 0 Å². The minimum absolute atomic E-state index is 0.178. The first-order valence-corrected chi connectivity index (χ1v) is 10.1. The van der Waals surface area contributed by atoms with E-state index in [1.165, 1.54) is 16.8 Å². The van der Waals surface area contributed by atoms with Gasteiger partial charge >= 0.3 is 0 Å². The molecule has 0 aliphatic rings. The maximum Gasteiger partial charge on any atom is 0.188 e. The first-order valence-electron chi connectivity index (χ1n) is 6.62. The van der Waals surface area contributed by atoms with Gasteiger partial charge in [0.05, 0.1) is 10.4 Å². The fourth-order valence-electron chi connectivity index (χ4n) is 1.74. The lowest BCUT2D eigenvalue weighted by Crippen LogP contribution is -2.25. The van der Waals surface area contributed by atoms with Gasteiger partial charge in [0.25, 0.3) is 0 Å². The molecule has 0 saturated carbocycles. The molecule has 8 heteroatoms. The number of thioether (sulfide) groups is 1. The van der Waals surface area contributed by atoms with Gasteiger partial charge in [-0.05, 0) is 25.3 Å². The van der Waals surface area contributed by atoms with E-state index in [-0.39, 0.29) is 4.90 Å². The second-order valence-corrected chi connectivity index (χ2v) is 8.27. The van der Waals surface area contributed by atoms with Crippen molar-refractivity contribution in [1.82, 2.24) is 4.98 Å². The summed E-state index contributed by atoms with van der Waals surface area (Å²) in [4.78, 5) is 4.26. The SMILES string of the molecule is CSc1nc2cc[n+](C)cc2s1.Cc1ccc(S(=O)(=O)[O-])cc1. The maximum absolute atomic E-state index is 10.4. The molecule has 3 aromatic rings. The van der Waals surface area contributed by atoms with E-state index < -0.39 is 10.1 Å². The van der Waals surface area contributed by atoms with E-state index >= 15 is 0 Å². The van der Waals surface area contributed by atoms with Crippen molar-refractivity contribution in [2.75, 3.05) is 6.26 Å². The van der Waals surface area contributed by atoms with Crippen molar-refractivity contribution < 1.29 is 17.5 Å². The molecule has 0 aliphatic heterocycles. The van der Waals surface area contributed by atoms with Gasteiger partial charge < -0.3 is 4.55 Å². The van der Waals surface area contributed by atoms with Crippen LogP contribution in [0.1, 0.15) is 5.56 Å². The number of fused-ring (bicyclic) bond motifs is 1. The first kappa shape index (κ1) is 17.9.